The number of amides is 1. The van der Waals surface area contributed by atoms with Gasteiger partial charge in [0, 0.05) is 26.3 Å². The van der Waals surface area contributed by atoms with E-state index in [1.54, 1.807) is 18.7 Å². The standard InChI is InChI=1S/C13H26N2O3S/c1-5-17-9-7-15(8-10-18-6-2)12(16)13(3,4)11(14)19/h5-10H2,1-4H3,(H2,14,19). The highest BCUT2D eigenvalue weighted by Gasteiger charge is 2.34. The van der Waals surface area contributed by atoms with Crippen LogP contribution in [0.25, 0.3) is 0 Å². The van der Waals surface area contributed by atoms with Crippen LogP contribution < -0.4 is 5.73 Å². The van der Waals surface area contributed by atoms with Gasteiger partial charge >= 0.3 is 0 Å². The number of carbonyl (C=O) groups excluding carboxylic acids is 1. The number of ether oxygens (including phenoxy) is 2. The van der Waals surface area contributed by atoms with Gasteiger partial charge in [-0.25, -0.2) is 0 Å². The minimum absolute atomic E-state index is 0.0839. The molecular weight excluding hydrogens is 264 g/mol. The fourth-order valence-electron chi connectivity index (χ4n) is 1.45. The van der Waals surface area contributed by atoms with Gasteiger partial charge in [0.25, 0.3) is 0 Å². The van der Waals surface area contributed by atoms with E-state index in [2.05, 4.69) is 0 Å². The molecule has 0 aromatic heterocycles. The molecule has 0 bridgehead atoms. The fraction of sp³-hybridized carbons (Fsp3) is 0.846. The molecule has 0 fully saturated rings. The summed E-state index contributed by atoms with van der Waals surface area (Å²) in [7, 11) is 0. The average Bonchev–Trinajstić information content (AvgIpc) is 2.36. The van der Waals surface area contributed by atoms with Crippen LogP contribution in [0.5, 0.6) is 0 Å². The molecule has 5 nitrogen and oxygen atoms in total. The van der Waals surface area contributed by atoms with E-state index < -0.39 is 5.41 Å². The first-order valence-electron chi connectivity index (χ1n) is 6.62. The van der Waals surface area contributed by atoms with Gasteiger partial charge in [-0.1, -0.05) is 12.2 Å². The number of nitrogens with zero attached hydrogens (tertiary/aromatic N) is 1. The molecule has 2 N–H and O–H groups in total. The molecule has 19 heavy (non-hydrogen) atoms. The van der Waals surface area contributed by atoms with Crippen molar-refractivity contribution in [2.24, 2.45) is 11.1 Å². The summed E-state index contributed by atoms with van der Waals surface area (Å²) in [6.07, 6.45) is 0. The molecule has 1 amide bonds. The van der Waals surface area contributed by atoms with Gasteiger partial charge in [0.15, 0.2) is 0 Å². The molecule has 0 saturated carbocycles. The van der Waals surface area contributed by atoms with Gasteiger partial charge in [-0.3, -0.25) is 4.79 Å². The van der Waals surface area contributed by atoms with E-state index in [0.29, 0.717) is 39.5 Å². The lowest BCUT2D eigenvalue weighted by atomic mass is 9.91. The van der Waals surface area contributed by atoms with Crippen LogP contribution in [-0.4, -0.2) is 55.3 Å². The molecule has 0 atom stereocenters. The van der Waals surface area contributed by atoms with Crippen molar-refractivity contribution >= 4 is 23.1 Å². The van der Waals surface area contributed by atoms with Crippen molar-refractivity contribution < 1.29 is 14.3 Å². The highest BCUT2D eigenvalue weighted by molar-refractivity contribution is 7.80. The van der Waals surface area contributed by atoms with Crippen molar-refractivity contribution in [3.8, 4) is 0 Å². The summed E-state index contributed by atoms with van der Waals surface area (Å²) in [6, 6.07) is 0. The number of nitrogens with two attached hydrogens (primary N) is 1. The Morgan fingerprint density at radius 3 is 1.89 bits per heavy atom. The van der Waals surface area contributed by atoms with Crippen molar-refractivity contribution in [1.82, 2.24) is 4.90 Å². The Kier molecular flexibility index (Phi) is 8.88. The molecule has 0 heterocycles. The Bertz CT molecular complexity index is 286. The third-order valence-electron chi connectivity index (χ3n) is 2.86. The maximum atomic E-state index is 12.4. The summed E-state index contributed by atoms with van der Waals surface area (Å²) < 4.78 is 10.6. The van der Waals surface area contributed by atoms with Crippen LogP contribution in [0.1, 0.15) is 27.7 Å². The first-order valence-corrected chi connectivity index (χ1v) is 7.03. The van der Waals surface area contributed by atoms with Gasteiger partial charge in [0.05, 0.1) is 23.6 Å². The third-order valence-corrected chi connectivity index (χ3v) is 3.37. The van der Waals surface area contributed by atoms with Gasteiger partial charge in [-0.2, -0.15) is 0 Å². The van der Waals surface area contributed by atoms with Crippen molar-refractivity contribution in [2.45, 2.75) is 27.7 Å². The minimum atomic E-state index is -0.840. The number of hydrogen-bond donors (Lipinski definition) is 1. The minimum Gasteiger partial charge on any atom is -0.392 e. The van der Waals surface area contributed by atoms with Crippen LogP contribution in [0.2, 0.25) is 0 Å². The van der Waals surface area contributed by atoms with Crippen LogP contribution in [-0.2, 0) is 14.3 Å². The summed E-state index contributed by atoms with van der Waals surface area (Å²) in [4.78, 5) is 14.3. The van der Waals surface area contributed by atoms with E-state index in [4.69, 9.17) is 27.4 Å². The van der Waals surface area contributed by atoms with E-state index in [-0.39, 0.29) is 10.9 Å². The highest BCUT2D eigenvalue weighted by atomic mass is 32.1. The topological polar surface area (TPSA) is 64.8 Å². The quantitative estimate of drug-likeness (QED) is 0.484. The van der Waals surface area contributed by atoms with E-state index in [9.17, 15) is 4.79 Å². The molecule has 0 aromatic carbocycles. The Labute approximate surface area is 121 Å². The molecule has 0 aromatic rings. The van der Waals surface area contributed by atoms with E-state index in [0.717, 1.165) is 0 Å². The molecule has 0 spiro atoms. The lowest BCUT2D eigenvalue weighted by molar-refractivity contribution is -0.138. The second kappa shape index (κ2) is 9.23. The monoisotopic (exact) mass is 290 g/mol. The van der Waals surface area contributed by atoms with Gasteiger partial charge in [0.2, 0.25) is 5.91 Å². The summed E-state index contributed by atoms with van der Waals surface area (Å²) in [5, 5.41) is 0. The molecule has 0 radical (unpaired) electrons. The van der Waals surface area contributed by atoms with Crippen LogP contribution in [0.3, 0.4) is 0 Å². The SMILES string of the molecule is CCOCCN(CCOCC)C(=O)C(C)(C)C(N)=S. The first kappa shape index (κ1) is 18.3. The summed E-state index contributed by atoms with van der Waals surface area (Å²) in [5.41, 5.74) is 4.80. The Hall–Kier alpha value is -0.720. The van der Waals surface area contributed by atoms with Crippen LogP contribution in [0.4, 0.5) is 0 Å². The van der Waals surface area contributed by atoms with Gasteiger partial charge in [-0.15, -0.1) is 0 Å². The maximum absolute atomic E-state index is 12.4. The number of carbonyl (C=O) groups is 1. The zero-order chi connectivity index (χ0) is 14.9. The van der Waals surface area contributed by atoms with Crippen LogP contribution >= 0.6 is 12.2 Å². The Balaban J connectivity index is 4.61. The van der Waals surface area contributed by atoms with E-state index >= 15 is 0 Å². The molecule has 0 saturated heterocycles. The second-order valence-electron chi connectivity index (χ2n) is 4.68. The second-order valence-corrected chi connectivity index (χ2v) is 5.12. The molecular formula is C13H26N2O3S. The molecule has 0 aliphatic carbocycles. The smallest absolute Gasteiger partial charge is 0.235 e. The van der Waals surface area contributed by atoms with Crippen LogP contribution in [0, 0.1) is 5.41 Å². The third kappa shape index (κ3) is 6.31. The molecule has 0 aliphatic heterocycles. The zero-order valence-corrected chi connectivity index (χ0v) is 13.2. The molecule has 112 valence electrons. The van der Waals surface area contributed by atoms with Crippen molar-refractivity contribution in [1.29, 1.82) is 0 Å². The molecule has 0 rings (SSSR count). The summed E-state index contributed by atoms with van der Waals surface area (Å²) in [5.74, 6) is -0.0839. The lowest BCUT2D eigenvalue weighted by Crippen LogP contribution is -2.49. The van der Waals surface area contributed by atoms with E-state index in [1.807, 2.05) is 13.8 Å². The Morgan fingerprint density at radius 2 is 1.58 bits per heavy atom. The number of hydrogen-bond acceptors (Lipinski definition) is 4. The zero-order valence-electron chi connectivity index (χ0n) is 12.4. The van der Waals surface area contributed by atoms with Crippen molar-refractivity contribution in [3.05, 3.63) is 0 Å². The number of thiocarbonyl (C=S) groups is 1. The van der Waals surface area contributed by atoms with Crippen molar-refractivity contribution in [2.75, 3.05) is 39.5 Å². The van der Waals surface area contributed by atoms with Gasteiger partial charge < -0.3 is 20.1 Å². The number of rotatable bonds is 10. The van der Waals surface area contributed by atoms with Crippen molar-refractivity contribution in [3.63, 3.8) is 0 Å². The highest BCUT2D eigenvalue weighted by Crippen LogP contribution is 2.19. The van der Waals surface area contributed by atoms with Crippen LogP contribution in [0.15, 0.2) is 0 Å². The first-order chi connectivity index (χ1) is 8.87. The van der Waals surface area contributed by atoms with Gasteiger partial charge in [-0.05, 0) is 27.7 Å². The fourth-order valence-corrected chi connectivity index (χ4v) is 1.54. The molecule has 0 unspecified atom stereocenters. The predicted octanol–water partition coefficient (Wildman–Crippen LogP) is 1.20. The Morgan fingerprint density at radius 1 is 1.16 bits per heavy atom. The maximum Gasteiger partial charge on any atom is 0.235 e. The molecule has 6 heteroatoms. The largest absolute Gasteiger partial charge is 0.392 e. The molecule has 0 aliphatic rings. The summed E-state index contributed by atoms with van der Waals surface area (Å²) >= 11 is 4.97. The summed E-state index contributed by atoms with van der Waals surface area (Å²) in [6.45, 7) is 10.6. The lowest BCUT2D eigenvalue weighted by Gasteiger charge is -2.31. The van der Waals surface area contributed by atoms with Gasteiger partial charge in [0.1, 0.15) is 0 Å². The van der Waals surface area contributed by atoms with E-state index in [1.165, 1.54) is 0 Å². The predicted molar refractivity (Wildman–Crippen MR) is 80.1 cm³/mol. The average molecular weight is 290 g/mol. The normalized spacial score (nSPS) is 11.4.